The van der Waals surface area contributed by atoms with Gasteiger partial charge in [-0.25, -0.2) is 0 Å². The monoisotopic (exact) mass is 257 g/mol. The number of amides is 1. The van der Waals surface area contributed by atoms with Crippen molar-refractivity contribution in [2.75, 3.05) is 26.0 Å². The van der Waals surface area contributed by atoms with E-state index in [0.29, 0.717) is 13.1 Å². The van der Waals surface area contributed by atoms with Gasteiger partial charge in [0.15, 0.2) is 0 Å². The second-order valence-electron chi connectivity index (χ2n) is 4.15. The van der Waals surface area contributed by atoms with E-state index in [0.717, 1.165) is 10.1 Å². The smallest absolute Gasteiger partial charge is 0.234 e. The van der Waals surface area contributed by atoms with Gasteiger partial charge in [-0.1, -0.05) is 11.3 Å². The van der Waals surface area contributed by atoms with Crippen molar-refractivity contribution in [1.82, 2.24) is 20.4 Å². The Kier molecular flexibility index (Phi) is 5.30. The van der Waals surface area contributed by atoms with Crippen LogP contribution in [0.1, 0.15) is 18.9 Å². The zero-order chi connectivity index (χ0) is 12.8. The Bertz CT molecular complexity index is 365. The molecule has 0 aliphatic carbocycles. The average molecular weight is 257 g/mol. The highest BCUT2D eigenvalue weighted by molar-refractivity contribution is 7.15. The maximum Gasteiger partial charge on any atom is 0.234 e. The van der Waals surface area contributed by atoms with Crippen molar-refractivity contribution in [2.24, 2.45) is 0 Å². The summed E-state index contributed by atoms with van der Waals surface area (Å²) < 4.78 is 0. The number of nitrogens with one attached hydrogen (secondary N) is 2. The fraction of sp³-hybridized carbons (Fsp3) is 0.700. The first-order valence-corrected chi connectivity index (χ1v) is 6.31. The summed E-state index contributed by atoms with van der Waals surface area (Å²) in [6, 6.07) is 0.174. The first kappa shape index (κ1) is 13.9. The lowest BCUT2D eigenvalue weighted by atomic mass is 10.4. The van der Waals surface area contributed by atoms with E-state index < -0.39 is 0 Å². The molecular weight excluding hydrogens is 238 g/mol. The van der Waals surface area contributed by atoms with Gasteiger partial charge >= 0.3 is 0 Å². The summed E-state index contributed by atoms with van der Waals surface area (Å²) in [5.41, 5.74) is 0. The van der Waals surface area contributed by atoms with Crippen LogP contribution in [-0.4, -0.2) is 47.7 Å². The maximum atomic E-state index is 11.5. The Morgan fingerprint density at radius 3 is 2.71 bits per heavy atom. The Labute approximate surface area is 105 Å². The van der Waals surface area contributed by atoms with Gasteiger partial charge in [-0.15, -0.1) is 10.2 Å². The number of nitrogens with zero attached hydrogens (tertiary/aromatic N) is 3. The van der Waals surface area contributed by atoms with Gasteiger partial charge in [-0.2, -0.15) is 0 Å². The number of hydrogen-bond donors (Lipinski definition) is 2. The minimum absolute atomic E-state index is 0.0286. The molecule has 0 bridgehead atoms. The molecule has 0 fully saturated rings. The molecule has 1 amide bonds. The third-order valence-electron chi connectivity index (χ3n) is 1.95. The second-order valence-corrected chi connectivity index (χ2v) is 5.21. The van der Waals surface area contributed by atoms with Crippen molar-refractivity contribution in [3.8, 4) is 0 Å². The number of likely N-dealkylation sites (N-methyl/N-ethyl adjacent to an activating group) is 1. The summed E-state index contributed by atoms with van der Waals surface area (Å²) >= 11 is 1.50. The molecule has 1 aromatic rings. The van der Waals surface area contributed by atoms with Gasteiger partial charge in [0.25, 0.3) is 0 Å². The topological polar surface area (TPSA) is 70.2 Å². The van der Waals surface area contributed by atoms with Gasteiger partial charge in [-0.05, 0) is 20.9 Å². The number of carbonyl (C=O) groups is 1. The van der Waals surface area contributed by atoms with E-state index in [1.54, 1.807) is 0 Å². The molecule has 1 aromatic heterocycles. The predicted molar refractivity (Wildman–Crippen MR) is 69.1 cm³/mol. The fourth-order valence-corrected chi connectivity index (χ4v) is 2.09. The minimum Gasteiger partial charge on any atom is -0.363 e. The molecule has 0 saturated heterocycles. The van der Waals surface area contributed by atoms with Gasteiger partial charge < -0.3 is 10.6 Å². The van der Waals surface area contributed by atoms with Crippen LogP contribution >= 0.6 is 11.3 Å². The van der Waals surface area contributed by atoms with E-state index in [2.05, 4.69) is 20.8 Å². The van der Waals surface area contributed by atoms with Crippen molar-refractivity contribution in [3.05, 3.63) is 5.01 Å². The number of carbonyl (C=O) groups excluding carboxylic acids is 1. The second kappa shape index (κ2) is 6.51. The molecule has 0 saturated carbocycles. The molecule has 0 atom stereocenters. The van der Waals surface area contributed by atoms with Crippen LogP contribution in [-0.2, 0) is 11.3 Å². The fourth-order valence-electron chi connectivity index (χ4n) is 1.32. The lowest BCUT2D eigenvalue weighted by molar-refractivity contribution is -0.122. The normalized spacial score (nSPS) is 10.9. The average Bonchev–Trinajstić information content (AvgIpc) is 2.63. The molecule has 0 aromatic carbocycles. The van der Waals surface area contributed by atoms with Crippen molar-refractivity contribution in [1.29, 1.82) is 0 Å². The van der Waals surface area contributed by atoms with Crippen LogP contribution in [0.2, 0.25) is 0 Å². The number of rotatable bonds is 6. The molecule has 7 heteroatoms. The van der Waals surface area contributed by atoms with Gasteiger partial charge in [0.05, 0.1) is 13.1 Å². The molecule has 0 aliphatic rings. The van der Waals surface area contributed by atoms with Crippen LogP contribution in [0.3, 0.4) is 0 Å². The number of aromatic nitrogens is 2. The van der Waals surface area contributed by atoms with E-state index >= 15 is 0 Å². The molecule has 0 radical (unpaired) electrons. The Balaban J connectivity index is 2.38. The molecule has 2 N–H and O–H groups in total. The summed E-state index contributed by atoms with van der Waals surface area (Å²) in [6.07, 6.45) is 0. The third kappa shape index (κ3) is 5.10. The molecular formula is C10H19N5OS. The number of anilines is 1. The molecule has 96 valence electrons. The largest absolute Gasteiger partial charge is 0.363 e. The molecule has 0 unspecified atom stereocenters. The summed E-state index contributed by atoms with van der Waals surface area (Å²) in [5, 5.41) is 15.4. The maximum absolute atomic E-state index is 11.5. The number of hydrogen-bond acceptors (Lipinski definition) is 6. The third-order valence-corrected chi connectivity index (χ3v) is 2.87. The summed E-state index contributed by atoms with van der Waals surface area (Å²) in [4.78, 5) is 13.4. The highest BCUT2D eigenvalue weighted by atomic mass is 32.1. The van der Waals surface area contributed by atoms with Crippen LogP contribution in [0.25, 0.3) is 0 Å². The summed E-state index contributed by atoms with van der Waals surface area (Å²) in [5.74, 6) is 0.0286. The van der Waals surface area contributed by atoms with Gasteiger partial charge in [0, 0.05) is 13.1 Å². The van der Waals surface area contributed by atoms with Crippen LogP contribution in [0.15, 0.2) is 0 Å². The zero-order valence-electron chi connectivity index (χ0n) is 10.6. The van der Waals surface area contributed by atoms with Gasteiger partial charge in [0.1, 0.15) is 5.01 Å². The Hall–Kier alpha value is -1.21. The first-order chi connectivity index (χ1) is 8.01. The van der Waals surface area contributed by atoms with Crippen LogP contribution in [0.5, 0.6) is 0 Å². The van der Waals surface area contributed by atoms with E-state index in [4.69, 9.17) is 0 Å². The van der Waals surface area contributed by atoms with E-state index in [-0.39, 0.29) is 11.9 Å². The van der Waals surface area contributed by atoms with Crippen LogP contribution in [0, 0.1) is 0 Å². The molecule has 1 heterocycles. The lowest BCUT2D eigenvalue weighted by Gasteiger charge is -2.15. The van der Waals surface area contributed by atoms with Crippen molar-refractivity contribution >= 4 is 22.4 Å². The van der Waals surface area contributed by atoms with Crippen LogP contribution < -0.4 is 10.6 Å². The SMILES string of the molecule is CNc1nnc(CN(C)CC(=O)NC(C)C)s1. The summed E-state index contributed by atoms with van der Waals surface area (Å²) in [7, 11) is 3.70. The van der Waals surface area contributed by atoms with E-state index in [1.807, 2.05) is 32.8 Å². The quantitative estimate of drug-likeness (QED) is 0.778. The Morgan fingerprint density at radius 2 is 2.18 bits per heavy atom. The van der Waals surface area contributed by atoms with Crippen molar-refractivity contribution in [2.45, 2.75) is 26.4 Å². The molecule has 6 nitrogen and oxygen atoms in total. The molecule has 1 rings (SSSR count). The summed E-state index contributed by atoms with van der Waals surface area (Å²) in [6.45, 7) is 4.89. The minimum atomic E-state index is 0.0286. The molecule has 0 aliphatic heterocycles. The predicted octanol–water partition coefficient (Wildman–Crippen LogP) is 0.536. The zero-order valence-corrected chi connectivity index (χ0v) is 11.5. The van der Waals surface area contributed by atoms with Crippen molar-refractivity contribution < 1.29 is 4.79 Å². The lowest BCUT2D eigenvalue weighted by Crippen LogP contribution is -2.38. The highest BCUT2D eigenvalue weighted by Crippen LogP contribution is 2.15. The van der Waals surface area contributed by atoms with Crippen LogP contribution in [0.4, 0.5) is 5.13 Å². The first-order valence-electron chi connectivity index (χ1n) is 5.49. The van der Waals surface area contributed by atoms with Crippen molar-refractivity contribution in [3.63, 3.8) is 0 Å². The van der Waals surface area contributed by atoms with Gasteiger partial charge in [-0.3, -0.25) is 9.69 Å². The standard InChI is InChI=1S/C10H19N5OS/c1-7(2)12-8(16)5-15(4)6-9-13-14-10(11-3)17-9/h7H,5-6H2,1-4H3,(H,11,14)(H,12,16). The Morgan fingerprint density at radius 1 is 1.47 bits per heavy atom. The molecule has 0 spiro atoms. The van der Waals surface area contributed by atoms with E-state index in [1.165, 1.54) is 11.3 Å². The van der Waals surface area contributed by atoms with Gasteiger partial charge in [0.2, 0.25) is 11.0 Å². The van der Waals surface area contributed by atoms with E-state index in [9.17, 15) is 4.79 Å². The molecule has 17 heavy (non-hydrogen) atoms. The highest BCUT2D eigenvalue weighted by Gasteiger charge is 2.10.